The van der Waals surface area contributed by atoms with E-state index in [1.54, 1.807) is 0 Å². The molecule has 1 aliphatic carbocycles. The second-order valence-electron chi connectivity index (χ2n) is 4.59. The van der Waals surface area contributed by atoms with Gasteiger partial charge in [-0.2, -0.15) is 0 Å². The molecule has 14 heavy (non-hydrogen) atoms. The molecule has 0 radical (unpaired) electrons. The van der Waals surface area contributed by atoms with Gasteiger partial charge >= 0.3 is 0 Å². The maximum Gasteiger partial charge on any atom is 0.0334 e. The lowest BCUT2D eigenvalue weighted by molar-refractivity contribution is 0.298. The van der Waals surface area contributed by atoms with Gasteiger partial charge in [0, 0.05) is 12.7 Å². The minimum absolute atomic E-state index is 0.317. The van der Waals surface area contributed by atoms with Crippen LogP contribution < -0.4 is 5.32 Å². The molecular weight excluding hydrogens is 170 g/mol. The van der Waals surface area contributed by atoms with Gasteiger partial charge in [-0.3, -0.25) is 0 Å². The van der Waals surface area contributed by atoms with Gasteiger partial charge in [0.2, 0.25) is 0 Å². The predicted octanol–water partition coefficient (Wildman–Crippen LogP) is 3.27. The van der Waals surface area contributed by atoms with Crippen molar-refractivity contribution in [1.29, 1.82) is 0 Å². The van der Waals surface area contributed by atoms with Crippen molar-refractivity contribution in [1.82, 2.24) is 5.32 Å². The molecule has 0 amide bonds. The molecule has 1 nitrogen and oxygen atoms in total. The van der Waals surface area contributed by atoms with E-state index >= 15 is 0 Å². The van der Waals surface area contributed by atoms with Gasteiger partial charge in [-0.1, -0.05) is 45.6 Å². The van der Waals surface area contributed by atoms with Gasteiger partial charge < -0.3 is 5.32 Å². The molecule has 1 aliphatic rings. The van der Waals surface area contributed by atoms with E-state index in [0.717, 1.165) is 12.1 Å². The summed E-state index contributed by atoms with van der Waals surface area (Å²) >= 11 is 0. The summed E-state index contributed by atoms with van der Waals surface area (Å²) in [5.41, 5.74) is 2.55. The van der Waals surface area contributed by atoms with Crippen LogP contribution in [0.15, 0.2) is 36.1 Å². The Morgan fingerprint density at radius 3 is 2.57 bits per heavy atom. The van der Waals surface area contributed by atoms with E-state index in [0.29, 0.717) is 11.3 Å². The third kappa shape index (κ3) is 2.09. The van der Waals surface area contributed by atoms with E-state index in [1.807, 2.05) is 7.05 Å². The molecule has 0 spiro atoms. The normalized spacial score (nSPS) is 26.2. The van der Waals surface area contributed by atoms with Crippen LogP contribution in [-0.4, -0.2) is 7.05 Å². The number of allylic oxidation sites excluding steroid dienone is 3. The lowest BCUT2D eigenvalue weighted by Crippen LogP contribution is -2.22. The Morgan fingerprint density at radius 1 is 1.57 bits per heavy atom. The van der Waals surface area contributed by atoms with Crippen LogP contribution >= 0.6 is 0 Å². The molecule has 1 atom stereocenters. The monoisotopic (exact) mass is 191 g/mol. The molecule has 0 aliphatic heterocycles. The molecule has 1 rings (SSSR count). The van der Waals surface area contributed by atoms with Crippen LogP contribution in [0.25, 0.3) is 0 Å². The van der Waals surface area contributed by atoms with Crippen molar-refractivity contribution < 1.29 is 0 Å². The fourth-order valence-electron chi connectivity index (χ4n) is 1.54. The molecule has 0 fully saturated rings. The van der Waals surface area contributed by atoms with Gasteiger partial charge in [0.15, 0.2) is 0 Å². The second kappa shape index (κ2) is 4.04. The van der Waals surface area contributed by atoms with Crippen molar-refractivity contribution in [2.24, 2.45) is 11.3 Å². The maximum atomic E-state index is 3.96. The minimum atomic E-state index is 0.317. The lowest BCUT2D eigenvalue weighted by Gasteiger charge is -2.32. The molecule has 0 aromatic rings. The van der Waals surface area contributed by atoms with Crippen LogP contribution in [0, 0.1) is 11.3 Å². The molecular formula is C13H21N. The molecule has 0 aromatic heterocycles. The van der Waals surface area contributed by atoms with E-state index in [1.165, 1.54) is 5.57 Å². The van der Waals surface area contributed by atoms with Crippen molar-refractivity contribution in [3.05, 3.63) is 36.1 Å². The highest BCUT2D eigenvalue weighted by atomic mass is 14.8. The topological polar surface area (TPSA) is 12.0 Å². The highest BCUT2D eigenvalue weighted by molar-refractivity contribution is 5.40. The summed E-state index contributed by atoms with van der Waals surface area (Å²) in [4.78, 5) is 0. The second-order valence-corrected chi connectivity index (χ2v) is 4.59. The number of hydrogen-bond donors (Lipinski definition) is 1. The van der Waals surface area contributed by atoms with Crippen molar-refractivity contribution in [2.45, 2.75) is 27.2 Å². The Bertz CT molecular complexity index is 284. The van der Waals surface area contributed by atoms with Gasteiger partial charge in [-0.05, 0) is 23.3 Å². The molecule has 0 saturated heterocycles. The van der Waals surface area contributed by atoms with Crippen LogP contribution in [0.3, 0.4) is 0 Å². The first-order chi connectivity index (χ1) is 6.49. The molecule has 0 bridgehead atoms. The van der Waals surface area contributed by atoms with Crippen LogP contribution in [0.5, 0.6) is 0 Å². The lowest BCUT2D eigenvalue weighted by atomic mass is 9.73. The highest BCUT2D eigenvalue weighted by Crippen LogP contribution is 2.37. The summed E-state index contributed by atoms with van der Waals surface area (Å²) in [6.07, 6.45) is 7.88. The number of likely N-dealkylation sites (N-methyl/N-ethyl adjacent to an activating group) is 1. The fraction of sp³-hybridized carbons (Fsp3) is 0.538. The van der Waals surface area contributed by atoms with E-state index in [4.69, 9.17) is 0 Å². The standard InChI is InChI=1S/C13H21N/c1-10(2)13(4)8-6-12(7-9-13)11(3)14-5/h6-8,10,14H,3,9H2,1-2,4-5H3. The average molecular weight is 191 g/mol. The smallest absolute Gasteiger partial charge is 0.0334 e. The molecule has 0 aromatic carbocycles. The van der Waals surface area contributed by atoms with Crippen LogP contribution in [0.1, 0.15) is 27.2 Å². The van der Waals surface area contributed by atoms with Crippen LogP contribution in [-0.2, 0) is 0 Å². The Labute approximate surface area is 87.6 Å². The van der Waals surface area contributed by atoms with Crippen LogP contribution in [0.2, 0.25) is 0 Å². The third-order valence-corrected chi connectivity index (χ3v) is 3.37. The van der Waals surface area contributed by atoms with Crippen molar-refractivity contribution >= 4 is 0 Å². The molecule has 0 heterocycles. The van der Waals surface area contributed by atoms with Gasteiger partial charge in [-0.15, -0.1) is 0 Å². The maximum absolute atomic E-state index is 3.96. The Balaban J connectivity index is 2.75. The average Bonchev–Trinajstić information content (AvgIpc) is 2.17. The summed E-state index contributed by atoms with van der Waals surface area (Å²) in [7, 11) is 1.91. The van der Waals surface area contributed by atoms with E-state index in [-0.39, 0.29) is 0 Å². The summed E-state index contributed by atoms with van der Waals surface area (Å²) in [6, 6.07) is 0. The molecule has 1 heteroatoms. The zero-order chi connectivity index (χ0) is 10.8. The minimum Gasteiger partial charge on any atom is -0.388 e. The first kappa shape index (κ1) is 11.1. The number of nitrogens with one attached hydrogen (secondary N) is 1. The SMILES string of the molecule is C=C(NC)C1=CCC(C)(C(C)C)C=C1. The highest BCUT2D eigenvalue weighted by Gasteiger charge is 2.26. The Morgan fingerprint density at radius 2 is 2.21 bits per heavy atom. The van der Waals surface area contributed by atoms with Gasteiger partial charge in [0.25, 0.3) is 0 Å². The first-order valence-electron chi connectivity index (χ1n) is 5.26. The molecule has 1 unspecified atom stereocenters. The van der Waals surface area contributed by atoms with E-state index in [9.17, 15) is 0 Å². The van der Waals surface area contributed by atoms with Gasteiger partial charge in [-0.25, -0.2) is 0 Å². The summed E-state index contributed by atoms with van der Waals surface area (Å²) in [5, 5.41) is 3.08. The number of rotatable bonds is 3. The van der Waals surface area contributed by atoms with Crippen molar-refractivity contribution in [2.75, 3.05) is 7.05 Å². The van der Waals surface area contributed by atoms with E-state index in [2.05, 4.69) is 50.9 Å². The fourth-order valence-corrected chi connectivity index (χ4v) is 1.54. The van der Waals surface area contributed by atoms with Gasteiger partial charge in [0.1, 0.15) is 0 Å². The zero-order valence-corrected chi connectivity index (χ0v) is 9.72. The summed E-state index contributed by atoms with van der Waals surface area (Å²) in [6.45, 7) is 10.8. The van der Waals surface area contributed by atoms with Crippen LogP contribution in [0.4, 0.5) is 0 Å². The Hall–Kier alpha value is -0.980. The quantitative estimate of drug-likeness (QED) is 0.722. The molecule has 78 valence electrons. The molecule has 1 N–H and O–H groups in total. The van der Waals surface area contributed by atoms with Gasteiger partial charge in [0.05, 0.1) is 0 Å². The number of hydrogen-bond acceptors (Lipinski definition) is 1. The third-order valence-electron chi connectivity index (χ3n) is 3.37. The Kier molecular flexibility index (Phi) is 3.20. The zero-order valence-electron chi connectivity index (χ0n) is 9.72. The summed E-state index contributed by atoms with van der Waals surface area (Å²) < 4.78 is 0. The largest absolute Gasteiger partial charge is 0.388 e. The molecule has 0 saturated carbocycles. The first-order valence-corrected chi connectivity index (χ1v) is 5.26. The predicted molar refractivity (Wildman–Crippen MR) is 63.0 cm³/mol. The van der Waals surface area contributed by atoms with Crippen molar-refractivity contribution in [3.8, 4) is 0 Å². The summed E-state index contributed by atoms with van der Waals surface area (Å²) in [5.74, 6) is 0.680. The van der Waals surface area contributed by atoms with E-state index < -0.39 is 0 Å². The van der Waals surface area contributed by atoms with Crippen molar-refractivity contribution in [3.63, 3.8) is 0 Å².